The Balaban J connectivity index is 1.28. The number of carbonyl (C=O) groups is 2. The molecular formula is C31H33BFN7O2. The second-order valence-corrected chi connectivity index (χ2v) is 11.3. The molecular weight excluding hydrogens is 532 g/mol. The van der Waals surface area contributed by atoms with Crippen molar-refractivity contribution in [1.82, 2.24) is 20.0 Å². The predicted octanol–water partition coefficient (Wildman–Crippen LogP) is 2.31. The standard InChI is InChI=1S/C31H33BFN7O2/c1-19-12-24(13-20(2)28(19)33)39-18-36-30(42)31(39)7-10-38(11-8-31)29(41)26-15-27(22-4-3-9-35-17-22)40(37-26)23-6-5-21(16-34)25(32)14-23/h4-6,12-17,34H,3,7-11,18,32H2,1-2H3,(H,36,42). The highest BCUT2D eigenvalue weighted by Gasteiger charge is 2.51. The van der Waals surface area contributed by atoms with E-state index in [9.17, 15) is 14.0 Å². The van der Waals surface area contributed by atoms with Crippen molar-refractivity contribution in [3.63, 3.8) is 0 Å². The predicted molar refractivity (Wildman–Crippen MR) is 165 cm³/mol. The van der Waals surface area contributed by atoms with Gasteiger partial charge in [-0.3, -0.25) is 14.6 Å². The van der Waals surface area contributed by atoms with E-state index in [1.807, 2.05) is 43.2 Å². The number of dihydropyridines is 1. The number of halogens is 1. The van der Waals surface area contributed by atoms with Crippen LogP contribution in [0.4, 0.5) is 10.1 Å². The number of aryl methyl sites for hydroxylation is 2. The number of nitrogens with one attached hydrogen (secondary N) is 2. The van der Waals surface area contributed by atoms with Gasteiger partial charge in [0.25, 0.3) is 5.91 Å². The number of likely N-dealkylation sites (tertiary alicyclic amines) is 1. The number of allylic oxidation sites excluding steroid dienone is 1. The molecule has 1 aromatic heterocycles. The molecule has 0 saturated carbocycles. The van der Waals surface area contributed by atoms with Crippen LogP contribution >= 0.6 is 0 Å². The van der Waals surface area contributed by atoms with Crippen molar-refractivity contribution in [1.29, 1.82) is 5.41 Å². The molecule has 9 nitrogen and oxygen atoms in total. The summed E-state index contributed by atoms with van der Waals surface area (Å²) in [5.74, 6) is -0.487. The number of aliphatic imine (C=N–C) groups is 1. The maximum atomic E-state index is 14.3. The lowest BCUT2D eigenvalue weighted by Crippen LogP contribution is -2.57. The van der Waals surface area contributed by atoms with E-state index in [-0.39, 0.29) is 17.6 Å². The topological polar surface area (TPSA) is 107 Å². The fourth-order valence-electron chi connectivity index (χ4n) is 6.27. The Morgan fingerprint density at radius 2 is 1.86 bits per heavy atom. The second kappa shape index (κ2) is 10.7. The van der Waals surface area contributed by atoms with Crippen LogP contribution in [-0.4, -0.2) is 78.6 Å². The number of carbonyl (C=O) groups excluding carboxylic acids is 2. The van der Waals surface area contributed by atoms with Gasteiger partial charge in [0.15, 0.2) is 5.69 Å². The molecule has 0 aliphatic carbocycles. The summed E-state index contributed by atoms with van der Waals surface area (Å²) in [5.41, 5.74) is 5.66. The summed E-state index contributed by atoms with van der Waals surface area (Å²) in [6, 6.07) is 11.1. The fraction of sp³-hybridized carbons (Fsp3) is 0.323. The maximum absolute atomic E-state index is 14.3. The summed E-state index contributed by atoms with van der Waals surface area (Å²) in [5, 5.41) is 15.4. The molecule has 0 atom stereocenters. The highest BCUT2D eigenvalue weighted by molar-refractivity contribution is 6.35. The Labute approximate surface area is 245 Å². The molecule has 3 aromatic rings. The second-order valence-electron chi connectivity index (χ2n) is 11.3. The van der Waals surface area contributed by atoms with Gasteiger partial charge in [0.1, 0.15) is 19.2 Å². The molecule has 2 N–H and O–H groups in total. The summed E-state index contributed by atoms with van der Waals surface area (Å²) in [6.07, 6.45) is 6.96. The molecule has 214 valence electrons. The fourth-order valence-corrected chi connectivity index (χ4v) is 6.27. The molecule has 0 radical (unpaired) electrons. The molecule has 2 aromatic carbocycles. The molecule has 2 amide bonds. The Kier molecular flexibility index (Phi) is 7.04. The van der Waals surface area contributed by atoms with Crippen LogP contribution in [-0.2, 0) is 4.79 Å². The third-order valence-corrected chi connectivity index (χ3v) is 8.68. The van der Waals surface area contributed by atoms with Crippen LogP contribution in [0, 0.1) is 25.1 Å². The van der Waals surface area contributed by atoms with Crippen molar-refractivity contribution in [2.45, 2.75) is 38.6 Å². The third-order valence-electron chi connectivity index (χ3n) is 8.68. The molecule has 0 bridgehead atoms. The highest BCUT2D eigenvalue weighted by atomic mass is 19.1. The van der Waals surface area contributed by atoms with Crippen molar-refractivity contribution in [3.8, 4) is 5.69 Å². The van der Waals surface area contributed by atoms with Crippen LogP contribution in [0.15, 0.2) is 47.5 Å². The molecule has 6 rings (SSSR count). The Morgan fingerprint density at radius 3 is 2.50 bits per heavy atom. The number of aromatic nitrogens is 2. The van der Waals surface area contributed by atoms with E-state index in [1.165, 1.54) is 6.21 Å². The van der Waals surface area contributed by atoms with E-state index in [4.69, 9.17) is 10.5 Å². The van der Waals surface area contributed by atoms with Gasteiger partial charge in [0, 0.05) is 43.3 Å². The number of rotatable bonds is 5. The Morgan fingerprint density at radius 1 is 1.12 bits per heavy atom. The van der Waals surface area contributed by atoms with Gasteiger partial charge in [-0.2, -0.15) is 5.10 Å². The van der Waals surface area contributed by atoms with Crippen molar-refractivity contribution in [3.05, 3.63) is 76.4 Å². The molecule has 1 spiro atoms. The van der Waals surface area contributed by atoms with Crippen molar-refractivity contribution in [2.75, 3.05) is 31.2 Å². The summed E-state index contributed by atoms with van der Waals surface area (Å²) in [4.78, 5) is 35.2. The van der Waals surface area contributed by atoms with E-state index in [2.05, 4.69) is 16.4 Å². The summed E-state index contributed by atoms with van der Waals surface area (Å²) >= 11 is 0. The molecule has 4 heterocycles. The van der Waals surface area contributed by atoms with E-state index in [0.717, 1.165) is 46.6 Å². The third kappa shape index (κ3) is 4.62. The van der Waals surface area contributed by atoms with Gasteiger partial charge in [-0.05, 0) is 80.1 Å². The lowest BCUT2D eigenvalue weighted by atomic mass is 9.85. The van der Waals surface area contributed by atoms with Crippen molar-refractivity contribution >= 4 is 48.8 Å². The first-order valence-corrected chi connectivity index (χ1v) is 14.3. The number of piperidine rings is 1. The van der Waals surface area contributed by atoms with Crippen LogP contribution in [0.3, 0.4) is 0 Å². The summed E-state index contributed by atoms with van der Waals surface area (Å²) < 4.78 is 16.1. The van der Waals surface area contributed by atoms with Crippen LogP contribution in [0.2, 0.25) is 0 Å². The van der Waals surface area contributed by atoms with E-state index < -0.39 is 5.54 Å². The average Bonchev–Trinajstić information content (AvgIpc) is 3.58. The number of hydrogen-bond acceptors (Lipinski definition) is 6. The maximum Gasteiger partial charge on any atom is 0.274 e. The van der Waals surface area contributed by atoms with Gasteiger partial charge in [0.05, 0.1) is 18.1 Å². The largest absolute Gasteiger partial charge is 0.339 e. The first-order chi connectivity index (χ1) is 20.2. The van der Waals surface area contributed by atoms with Gasteiger partial charge in [-0.1, -0.05) is 17.6 Å². The van der Waals surface area contributed by atoms with Gasteiger partial charge in [-0.25, -0.2) is 9.07 Å². The lowest BCUT2D eigenvalue weighted by molar-refractivity contribution is -0.124. The minimum absolute atomic E-state index is 0.0620. The number of hydrogen-bond donors (Lipinski definition) is 2. The van der Waals surface area contributed by atoms with E-state index in [0.29, 0.717) is 49.4 Å². The highest BCUT2D eigenvalue weighted by Crippen LogP contribution is 2.38. The molecule has 2 saturated heterocycles. The van der Waals surface area contributed by atoms with Gasteiger partial charge in [0.2, 0.25) is 5.91 Å². The number of nitrogens with zero attached hydrogens (tertiary/aromatic N) is 5. The SMILES string of the molecule is Bc1cc(-n2nc(C(=O)N3CCC4(CC3)C(=O)NCN4c3cc(C)c(F)c(C)c3)cc2C2=CCCN=C2)ccc1C=N. The quantitative estimate of drug-likeness (QED) is 0.366. The lowest BCUT2D eigenvalue weighted by Gasteiger charge is -2.43. The Bertz CT molecular complexity index is 1650. The Hall–Kier alpha value is -4.54. The minimum Gasteiger partial charge on any atom is -0.339 e. The number of benzene rings is 2. The monoisotopic (exact) mass is 565 g/mol. The molecule has 3 aliphatic heterocycles. The first kappa shape index (κ1) is 27.6. The zero-order valence-electron chi connectivity index (χ0n) is 24.1. The van der Waals surface area contributed by atoms with Crippen molar-refractivity contribution < 1.29 is 14.0 Å². The summed E-state index contributed by atoms with van der Waals surface area (Å²) in [6.45, 7) is 5.32. The number of amides is 2. The molecule has 11 heteroatoms. The smallest absolute Gasteiger partial charge is 0.274 e. The molecule has 42 heavy (non-hydrogen) atoms. The van der Waals surface area contributed by atoms with Crippen LogP contribution in [0.25, 0.3) is 11.3 Å². The first-order valence-electron chi connectivity index (χ1n) is 14.3. The van der Waals surface area contributed by atoms with Gasteiger partial charge >= 0.3 is 0 Å². The van der Waals surface area contributed by atoms with Gasteiger partial charge in [-0.15, -0.1) is 0 Å². The zero-order chi connectivity index (χ0) is 29.6. The van der Waals surface area contributed by atoms with E-state index >= 15 is 0 Å². The normalized spacial score (nSPS) is 17.9. The number of anilines is 1. The molecule has 3 aliphatic rings. The van der Waals surface area contributed by atoms with Gasteiger partial charge < -0.3 is 20.5 Å². The molecule has 0 unspecified atom stereocenters. The van der Waals surface area contributed by atoms with Crippen LogP contribution < -0.4 is 15.7 Å². The van der Waals surface area contributed by atoms with Crippen molar-refractivity contribution in [2.24, 2.45) is 4.99 Å². The zero-order valence-corrected chi connectivity index (χ0v) is 24.1. The van der Waals surface area contributed by atoms with Crippen LogP contribution in [0.1, 0.15) is 52.1 Å². The van der Waals surface area contributed by atoms with Crippen LogP contribution in [0.5, 0.6) is 0 Å². The summed E-state index contributed by atoms with van der Waals surface area (Å²) in [7, 11) is 1.95. The minimum atomic E-state index is -0.796. The van der Waals surface area contributed by atoms with E-state index in [1.54, 1.807) is 35.6 Å². The molecule has 2 fully saturated rings. The average molecular weight is 565 g/mol.